The van der Waals surface area contributed by atoms with Crippen LogP contribution in [0.3, 0.4) is 0 Å². The van der Waals surface area contributed by atoms with E-state index in [4.69, 9.17) is 16.3 Å². The van der Waals surface area contributed by atoms with E-state index in [2.05, 4.69) is 10.3 Å². The largest absolute Gasteiger partial charge is 0.497 e. The number of carbonyl (C=O) groups excluding carboxylic acids is 1. The van der Waals surface area contributed by atoms with Gasteiger partial charge in [0.15, 0.2) is 5.13 Å². The van der Waals surface area contributed by atoms with Gasteiger partial charge in [0.05, 0.1) is 24.2 Å². The molecule has 1 amide bonds. The molecule has 0 atom stereocenters. The minimum absolute atomic E-state index is 0.0632. The third kappa shape index (κ3) is 5.13. The molecule has 0 aliphatic carbocycles. The van der Waals surface area contributed by atoms with E-state index in [1.54, 1.807) is 7.11 Å². The maximum atomic E-state index is 12.6. The third-order valence-electron chi connectivity index (χ3n) is 4.02. The number of methoxy groups -OCH3 is 1. The Labute approximate surface area is 178 Å². The van der Waals surface area contributed by atoms with Crippen LogP contribution in [0.2, 0.25) is 5.02 Å². The van der Waals surface area contributed by atoms with E-state index in [0.717, 1.165) is 15.6 Å². The quantitative estimate of drug-likeness (QED) is 0.591. The molecular weight excluding hydrogens is 434 g/mol. The lowest BCUT2D eigenvalue weighted by atomic mass is 10.2. The monoisotopic (exact) mass is 451 g/mol. The van der Waals surface area contributed by atoms with E-state index >= 15 is 0 Å². The molecule has 1 heterocycles. The number of benzene rings is 2. The highest BCUT2D eigenvalue weighted by Gasteiger charge is 2.23. The molecule has 0 fully saturated rings. The predicted octanol–water partition coefficient (Wildman–Crippen LogP) is 3.73. The van der Waals surface area contributed by atoms with Crippen LogP contribution in [0.1, 0.15) is 0 Å². The zero-order valence-electron chi connectivity index (χ0n) is 15.6. The Morgan fingerprint density at radius 2 is 1.83 bits per heavy atom. The maximum absolute atomic E-state index is 12.6. The molecule has 2 aromatic carbocycles. The molecule has 0 aliphatic rings. The van der Waals surface area contributed by atoms with Gasteiger partial charge in [-0.15, -0.1) is 11.3 Å². The number of carbonyl (C=O) groups is 1. The Morgan fingerprint density at radius 3 is 2.45 bits per heavy atom. The lowest BCUT2D eigenvalue weighted by molar-refractivity contribution is -0.116. The van der Waals surface area contributed by atoms with Gasteiger partial charge < -0.3 is 10.1 Å². The Balaban J connectivity index is 1.64. The number of ether oxygens (including phenoxy) is 1. The smallest absolute Gasteiger partial charge is 0.243 e. The van der Waals surface area contributed by atoms with Crippen molar-refractivity contribution >= 4 is 44.0 Å². The van der Waals surface area contributed by atoms with Crippen LogP contribution < -0.4 is 10.1 Å². The van der Waals surface area contributed by atoms with Crippen LogP contribution in [-0.4, -0.2) is 44.3 Å². The second-order valence-electron chi connectivity index (χ2n) is 6.03. The van der Waals surface area contributed by atoms with Crippen molar-refractivity contribution in [1.82, 2.24) is 9.29 Å². The molecule has 0 saturated carbocycles. The minimum atomic E-state index is -3.80. The fourth-order valence-electron chi connectivity index (χ4n) is 2.46. The van der Waals surface area contributed by atoms with Crippen molar-refractivity contribution in [2.24, 2.45) is 0 Å². The van der Waals surface area contributed by atoms with Crippen molar-refractivity contribution < 1.29 is 17.9 Å². The highest BCUT2D eigenvalue weighted by atomic mass is 35.5. The molecule has 0 bridgehead atoms. The van der Waals surface area contributed by atoms with Gasteiger partial charge in [-0.25, -0.2) is 13.4 Å². The number of anilines is 1. The molecule has 0 saturated heterocycles. The van der Waals surface area contributed by atoms with Crippen molar-refractivity contribution in [2.45, 2.75) is 4.90 Å². The number of likely N-dealkylation sites (N-methyl/N-ethyl adjacent to an activating group) is 1. The van der Waals surface area contributed by atoms with Gasteiger partial charge in [0.25, 0.3) is 0 Å². The summed E-state index contributed by atoms with van der Waals surface area (Å²) in [5.41, 5.74) is 1.58. The molecule has 7 nitrogen and oxygen atoms in total. The number of thiazole rings is 1. The van der Waals surface area contributed by atoms with Gasteiger partial charge in [0.2, 0.25) is 15.9 Å². The van der Waals surface area contributed by atoms with Crippen LogP contribution in [0.4, 0.5) is 5.13 Å². The number of hydrogen-bond acceptors (Lipinski definition) is 6. The molecule has 1 N–H and O–H groups in total. The average molecular weight is 452 g/mol. The van der Waals surface area contributed by atoms with E-state index in [1.165, 1.54) is 42.6 Å². The molecule has 152 valence electrons. The van der Waals surface area contributed by atoms with Crippen LogP contribution in [0.5, 0.6) is 5.75 Å². The zero-order chi connectivity index (χ0) is 21.0. The first-order valence-electron chi connectivity index (χ1n) is 8.41. The molecule has 0 radical (unpaired) electrons. The van der Waals surface area contributed by atoms with Crippen LogP contribution in [0.15, 0.2) is 58.8 Å². The average Bonchev–Trinajstić information content (AvgIpc) is 3.16. The SMILES string of the molecule is COc1ccc(-c2csc(NC(=O)CN(C)S(=O)(=O)c3ccc(Cl)cc3)n2)cc1. The normalized spacial score (nSPS) is 11.4. The number of sulfonamides is 1. The lowest BCUT2D eigenvalue weighted by Crippen LogP contribution is -2.34. The first kappa shape index (κ1) is 21.3. The molecule has 3 aromatic rings. The zero-order valence-corrected chi connectivity index (χ0v) is 18.0. The van der Waals surface area contributed by atoms with Crippen molar-refractivity contribution in [2.75, 3.05) is 26.0 Å². The number of hydrogen-bond donors (Lipinski definition) is 1. The van der Waals surface area contributed by atoms with E-state index < -0.39 is 15.9 Å². The minimum Gasteiger partial charge on any atom is -0.497 e. The number of amides is 1. The number of nitrogens with one attached hydrogen (secondary N) is 1. The first-order chi connectivity index (χ1) is 13.8. The standard InChI is InChI=1S/C19H18ClN3O4S2/c1-23(29(25,26)16-9-5-14(20)6-10-16)11-18(24)22-19-21-17(12-28-19)13-3-7-15(27-2)8-4-13/h3-10,12H,11H2,1-2H3,(H,21,22,24). The van der Waals surface area contributed by atoms with Gasteiger partial charge >= 0.3 is 0 Å². The van der Waals surface area contributed by atoms with Crippen molar-refractivity contribution in [3.63, 3.8) is 0 Å². The summed E-state index contributed by atoms with van der Waals surface area (Å²) in [6, 6.07) is 13.1. The van der Waals surface area contributed by atoms with E-state index in [9.17, 15) is 13.2 Å². The highest BCUT2D eigenvalue weighted by molar-refractivity contribution is 7.89. The Hall–Kier alpha value is -2.46. The van der Waals surface area contributed by atoms with Crippen LogP contribution in [-0.2, 0) is 14.8 Å². The summed E-state index contributed by atoms with van der Waals surface area (Å²) in [4.78, 5) is 16.7. The van der Waals surface area contributed by atoms with Crippen molar-refractivity contribution in [1.29, 1.82) is 0 Å². The topological polar surface area (TPSA) is 88.6 Å². The first-order valence-corrected chi connectivity index (χ1v) is 11.1. The molecule has 1 aromatic heterocycles. The van der Waals surface area contributed by atoms with Gasteiger partial charge in [0, 0.05) is 23.0 Å². The predicted molar refractivity (Wildman–Crippen MR) is 114 cm³/mol. The molecule has 10 heteroatoms. The number of aromatic nitrogens is 1. The van der Waals surface area contributed by atoms with Crippen LogP contribution in [0, 0.1) is 0 Å². The van der Waals surface area contributed by atoms with Crippen LogP contribution in [0.25, 0.3) is 11.3 Å². The fourth-order valence-corrected chi connectivity index (χ4v) is 4.45. The van der Waals surface area contributed by atoms with E-state index in [1.807, 2.05) is 29.6 Å². The summed E-state index contributed by atoms with van der Waals surface area (Å²) in [6.07, 6.45) is 0. The summed E-state index contributed by atoms with van der Waals surface area (Å²) in [6.45, 7) is -0.345. The second-order valence-corrected chi connectivity index (χ2v) is 9.37. The van der Waals surface area contributed by atoms with E-state index in [0.29, 0.717) is 15.8 Å². The molecule has 0 aliphatic heterocycles. The second kappa shape index (κ2) is 8.91. The Kier molecular flexibility index (Phi) is 6.53. The van der Waals surface area contributed by atoms with Crippen molar-refractivity contribution in [3.05, 3.63) is 58.9 Å². The molecule has 0 spiro atoms. The van der Waals surface area contributed by atoms with Gasteiger partial charge in [-0.3, -0.25) is 4.79 Å². The van der Waals surface area contributed by atoms with Gasteiger partial charge in [-0.05, 0) is 48.5 Å². The number of rotatable bonds is 7. The Bertz CT molecular complexity index is 1100. The molecule has 3 rings (SSSR count). The lowest BCUT2D eigenvalue weighted by Gasteiger charge is -2.16. The Morgan fingerprint density at radius 1 is 1.17 bits per heavy atom. The molecular formula is C19H18ClN3O4S2. The number of nitrogens with zero attached hydrogens (tertiary/aromatic N) is 2. The molecule has 29 heavy (non-hydrogen) atoms. The summed E-state index contributed by atoms with van der Waals surface area (Å²) >= 11 is 7.05. The summed E-state index contributed by atoms with van der Waals surface area (Å²) in [5.74, 6) is 0.253. The van der Waals surface area contributed by atoms with Crippen LogP contribution >= 0.6 is 22.9 Å². The van der Waals surface area contributed by atoms with Gasteiger partial charge in [-0.1, -0.05) is 11.6 Å². The molecule has 0 unspecified atom stereocenters. The summed E-state index contributed by atoms with van der Waals surface area (Å²) in [7, 11) is -0.868. The van der Waals surface area contributed by atoms with E-state index in [-0.39, 0.29) is 11.4 Å². The summed E-state index contributed by atoms with van der Waals surface area (Å²) in [5, 5.41) is 5.26. The maximum Gasteiger partial charge on any atom is 0.243 e. The summed E-state index contributed by atoms with van der Waals surface area (Å²) < 4.78 is 31.2. The fraction of sp³-hybridized carbons (Fsp3) is 0.158. The van der Waals surface area contributed by atoms with Gasteiger partial charge in [0.1, 0.15) is 5.75 Å². The van der Waals surface area contributed by atoms with Gasteiger partial charge in [-0.2, -0.15) is 4.31 Å². The van der Waals surface area contributed by atoms with Crippen molar-refractivity contribution in [3.8, 4) is 17.0 Å². The highest BCUT2D eigenvalue weighted by Crippen LogP contribution is 2.26. The number of halogens is 1. The third-order valence-corrected chi connectivity index (χ3v) is 6.85.